The number of carbonyl (C=O) groups excluding carboxylic acids is 2. The smallest absolute Gasteiger partial charge is 0.313 e. The van der Waals surface area contributed by atoms with Crippen LogP contribution in [0.15, 0.2) is 12.2 Å². The summed E-state index contributed by atoms with van der Waals surface area (Å²) in [6.45, 7) is 5.54. The van der Waals surface area contributed by atoms with E-state index in [-0.39, 0.29) is 47.3 Å². The fourth-order valence-electron chi connectivity index (χ4n) is 7.72. The number of esters is 2. The van der Waals surface area contributed by atoms with E-state index in [0.717, 1.165) is 51.4 Å². The second-order valence-corrected chi connectivity index (χ2v) is 10.2. The lowest BCUT2D eigenvalue weighted by molar-refractivity contribution is -0.197. The summed E-state index contributed by atoms with van der Waals surface area (Å²) in [5, 5.41) is 0. The van der Waals surface area contributed by atoms with Crippen molar-refractivity contribution in [2.24, 2.45) is 40.4 Å². The van der Waals surface area contributed by atoms with E-state index in [9.17, 15) is 9.59 Å². The molecule has 4 aliphatic carbocycles. The molecular formula is C24H34O5. The highest BCUT2D eigenvalue weighted by molar-refractivity contribution is 5.83. The van der Waals surface area contributed by atoms with Crippen LogP contribution in [0.25, 0.3) is 0 Å². The van der Waals surface area contributed by atoms with Crippen LogP contribution in [0, 0.1) is 40.4 Å². The summed E-state index contributed by atoms with van der Waals surface area (Å²) in [4.78, 5) is 26.5. The third kappa shape index (κ3) is 2.68. The zero-order chi connectivity index (χ0) is 20.2. The van der Waals surface area contributed by atoms with E-state index in [1.807, 2.05) is 0 Å². The Morgan fingerprint density at radius 1 is 1.24 bits per heavy atom. The maximum atomic E-state index is 13.5. The quantitative estimate of drug-likeness (QED) is 0.288. The Balaban J connectivity index is 1.37. The molecule has 0 spiro atoms. The minimum absolute atomic E-state index is 0.000214. The molecule has 0 aromatic rings. The van der Waals surface area contributed by atoms with Gasteiger partial charge in [0.2, 0.25) is 6.29 Å². The van der Waals surface area contributed by atoms with Crippen molar-refractivity contribution in [3.05, 3.63) is 12.2 Å². The van der Waals surface area contributed by atoms with E-state index < -0.39 is 5.41 Å². The standard InChI is InChI=1S/C24H34O5/c1-3-4-10-28-22(26)24-16-12-17(20(24)15-8-9-23(24,2)14-15)18(13-16)21(25)29-19-7-5-6-11-27-19/h8-9,15-20H,3-7,10-14H2,1-2H3. The number of hydrogen-bond donors (Lipinski definition) is 0. The van der Waals surface area contributed by atoms with Crippen molar-refractivity contribution in [3.8, 4) is 0 Å². The third-order valence-corrected chi connectivity index (χ3v) is 8.78. The monoisotopic (exact) mass is 402 g/mol. The number of carbonyl (C=O) groups is 2. The van der Waals surface area contributed by atoms with Crippen LogP contribution in [0.1, 0.15) is 65.2 Å². The molecule has 0 radical (unpaired) electrons. The van der Waals surface area contributed by atoms with Crippen molar-refractivity contribution >= 4 is 11.9 Å². The van der Waals surface area contributed by atoms with Crippen LogP contribution < -0.4 is 0 Å². The number of hydrogen-bond acceptors (Lipinski definition) is 5. The number of rotatable bonds is 6. The Kier molecular flexibility index (Phi) is 4.80. The van der Waals surface area contributed by atoms with Gasteiger partial charge in [0.15, 0.2) is 0 Å². The molecule has 5 aliphatic rings. The molecule has 0 aromatic carbocycles. The van der Waals surface area contributed by atoms with Crippen LogP contribution in [0.4, 0.5) is 0 Å². The van der Waals surface area contributed by atoms with Gasteiger partial charge in [-0.15, -0.1) is 0 Å². The Bertz CT molecular complexity index is 710. The zero-order valence-electron chi connectivity index (χ0n) is 17.7. The van der Waals surface area contributed by atoms with Gasteiger partial charge >= 0.3 is 11.9 Å². The molecule has 5 heteroatoms. The van der Waals surface area contributed by atoms with Crippen molar-refractivity contribution in [2.75, 3.05) is 13.2 Å². The van der Waals surface area contributed by atoms with Gasteiger partial charge in [-0.05, 0) is 62.2 Å². The average Bonchev–Trinajstić information content (AvgIpc) is 3.45. The zero-order valence-corrected chi connectivity index (χ0v) is 17.7. The summed E-state index contributed by atoms with van der Waals surface area (Å²) in [5.74, 6) is 0.853. The lowest BCUT2D eigenvalue weighted by Gasteiger charge is -2.49. The molecule has 5 rings (SSSR count). The first-order valence-electron chi connectivity index (χ1n) is 11.7. The van der Waals surface area contributed by atoms with Gasteiger partial charge in [-0.2, -0.15) is 0 Å². The number of allylic oxidation sites excluding steroid dienone is 2. The maximum Gasteiger partial charge on any atom is 0.313 e. The molecular weight excluding hydrogens is 368 g/mol. The summed E-state index contributed by atoms with van der Waals surface area (Å²) < 4.78 is 17.2. The van der Waals surface area contributed by atoms with Crippen LogP contribution in [-0.2, 0) is 23.8 Å². The van der Waals surface area contributed by atoms with Gasteiger partial charge in [-0.25, -0.2) is 0 Å². The lowest BCUT2D eigenvalue weighted by atomic mass is 9.54. The largest absolute Gasteiger partial charge is 0.465 e. The minimum Gasteiger partial charge on any atom is -0.465 e. The van der Waals surface area contributed by atoms with E-state index in [1.165, 1.54) is 0 Å². The maximum absolute atomic E-state index is 13.5. The Morgan fingerprint density at radius 3 is 2.86 bits per heavy atom. The van der Waals surface area contributed by atoms with Crippen molar-refractivity contribution in [1.82, 2.24) is 0 Å². The first kappa shape index (κ1) is 19.6. The van der Waals surface area contributed by atoms with Crippen molar-refractivity contribution < 1.29 is 23.8 Å². The van der Waals surface area contributed by atoms with E-state index >= 15 is 0 Å². The van der Waals surface area contributed by atoms with Crippen LogP contribution in [0.5, 0.6) is 0 Å². The number of fused-ring (bicyclic) bond motifs is 9. The lowest BCUT2D eigenvalue weighted by Crippen LogP contribution is -2.54. The molecule has 29 heavy (non-hydrogen) atoms. The predicted molar refractivity (Wildman–Crippen MR) is 107 cm³/mol. The minimum atomic E-state index is -0.442. The second kappa shape index (κ2) is 7.11. The molecule has 3 saturated carbocycles. The number of unbranched alkanes of at least 4 members (excludes halogenated alkanes) is 1. The van der Waals surface area contributed by atoms with Gasteiger partial charge in [0.05, 0.1) is 24.5 Å². The van der Waals surface area contributed by atoms with Gasteiger partial charge in [0, 0.05) is 11.8 Å². The van der Waals surface area contributed by atoms with E-state index in [0.29, 0.717) is 19.1 Å². The number of ether oxygens (including phenoxy) is 3. The highest BCUT2D eigenvalue weighted by atomic mass is 16.7. The van der Waals surface area contributed by atoms with Gasteiger partial charge in [-0.1, -0.05) is 32.4 Å². The summed E-state index contributed by atoms with van der Waals surface area (Å²) in [5.41, 5.74) is -0.574. The molecule has 5 nitrogen and oxygen atoms in total. The molecule has 160 valence electrons. The Morgan fingerprint density at radius 2 is 2.10 bits per heavy atom. The summed E-state index contributed by atoms with van der Waals surface area (Å²) in [6.07, 6.45) is 11.7. The van der Waals surface area contributed by atoms with Crippen LogP contribution in [0.2, 0.25) is 0 Å². The van der Waals surface area contributed by atoms with Crippen molar-refractivity contribution in [1.29, 1.82) is 0 Å². The van der Waals surface area contributed by atoms with E-state index in [2.05, 4.69) is 26.0 Å². The third-order valence-electron chi connectivity index (χ3n) is 8.78. The van der Waals surface area contributed by atoms with Gasteiger partial charge < -0.3 is 14.2 Å². The molecule has 0 aromatic heterocycles. The fraction of sp³-hybridized carbons (Fsp3) is 0.833. The SMILES string of the molecule is CCCCOC(=O)C12C3CC(C(=O)OC4CCCCO4)C(C3)C1C1C=CC2(C)C1. The Labute approximate surface area is 173 Å². The molecule has 4 bridgehead atoms. The van der Waals surface area contributed by atoms with Crippen LogP contribution in [0.3, 0.4) is 0 Å². The molecule has 1 aliphatic heterocycles. The van der Waals surface area contributed by atoms with E-state index in [1.54, 1.807) is 0 Å². The van der Waals surface area contributed by atoms with Gasteiger partial charge in [0.25, 0.3) is 0 Å². The Hall–Kier alpha value is -1.36. The highest BCUT2D eigenvalue weighted by Gasteiger charge is 2.78. The highest BCUT2D eigenvalue weighted by Crippen LogP contribution is 2.78. The van der Waals surface area contributed by atoms with Crippen LogP contribution >= 0.6 is 0 Å². The normalized spacial score (nSPS) is 46.7. The molecule has 0 amide bonds. The first-order valence-corrected chi connectivity index (χ1v) is 11.7. The summed E-state index contributed by atoms with van der Waals surface area (Å²) in [6, 6.07) is 0. The van der Waals surface area contributed by atoms with Crippen LogP contribution in [-0.4, -0.2) is 31.4 Å². The molecule has 1 saturated heterocycles. The first-order chi connectivity index (χ1) is 14.0. The molecule has 4 fully saturated rings. The second-order valence-electron chi connectivity index (χ2n) is 10.2. The fourth-order valence-corrected chi connectivity index (χ4v) is 7.72. The van der Waals surface area contributed by atoms with Gasteiger partial charge in [0.1, 0.15) is 0 Å². The topological polar surface area (TPSA) is 61.8 Å². The molecule has 8 unspecified atom stereocenters. The van der Waals surface area contributed by atoms with Crippen molar-refractivity contribution in [2.45, 2.75) is 71.5 Å². The summed E-state index contributed by atoms with van der Waals surface area (Å²) >= 11 is 0. The molecule has 8 atom stereocenters. The van der Waals surface area contributed by atoms with Crippen molar-refractivity contribution in [3.63, 3.8) is 0 Å². The van der Waals surface area contributed by atoms with E-state index in [4.69, 9.17) is 14.2 Å². The average molecular weight is 403 g/mol. The molecule has 0 N–H and O–H groups in total. The predicted octanol–water partition coefficient (Wildman–Crippen LogP) is 4.25. The van der Waals surface area contributed by atoms with Gasteiger partial charge in [-0.3, -0.25) is 9.59 Å². The molecule has 1 heterocycles. The summed E-state index contributed by atoms with van der Waals surface area (Å²) in [7, 11) is 0.